The minimum atomic E-state index is -3.40. The molecule has 0 radical (unpaired) electrons. The second-order valence-corrected chi connectivity index (χ2v) is 5.71. The molecule has 0 N–H and O–H groups in total. The molecule has 0 aliphatic carbocycles. The summed E-state index contributed by atoms with van der Waals surface area (Å²) < 4.78 is 29.9. The lowest BCUT2D eigenvalue weighted by molar-refractivity contribution is -0.108. The van der Waals surface area contributed by atoms with E-state index in [9.17, 15) is 13.2 Å². The SMILES string of the molecule is CN(C)S(=O)(=O)c1ccc(OCCC=O)cc1. The maximum Gasteiger partial charge on any atom is 0.242 e. The van der Waals surface area contributed by atoms with Gasteiger partial charge in [-0.3, -0.25) is 0 Å². The lowest BCUT2D eigenvalue weighted by Crippen LogP contribution is -2.22. The molecule has 5 nitrogen and oxygen atoms in total. The second kappa shape index (κ2) is 5.79. The Hall–Kier alpha value is -1.40. The Morgan fingerprint density at radius 1 is 1.24 bits per heavy atom. The van der Waals surface area contributed by atoms with Gasteiger partial charge in [0, 0.05) is 20.5 Å². The van der Waals surface area contributed by atoms with Crippen LogP contribution in [0.3, 0.4) is 0 Å². The summed E-state index contributed by atoms with van der Waals surface area (Å²) in [6.07, 6.45) is 1.09. The number of carbonyl (C=O) groups excluding carboxylic acids is 1. The number of ether oxygens (including phenoxy) is 1. The van der Waals surface area contributed by atoms with E-state index in [-0.39, 0.29) is 4.90 Å². The van der Waals surface area contributed by atoms with Crippen molar-refractivity contribution in [3.05, 3.63) is 24.3 Å². The molecule has 6 heteroatoms. The molecule has 1 aromatic carbocycles. The molecule has 0 saturated carbocycles. The highest BCUT2D eigenvalue weighted by Crippen LogP contribution is 2.17. The van der Waals surface area contributed by atoms with Crippen molar-refractivity contribution in [3.8, 4) is 5.75 Å². The molecule has 0 fully saturated rings. The average Bonchev–Trinajstić information content (AvgIpc) is 2.30. The van der Waals surface area contributed by atoms with Crippen LogP contribution >= 0.6 is 0 Å². The van der Waals surface area contributed by atoms with Crippen LogP contribution < -0.4 is 4.74 Å². The van der Waals surface area contributed by atoms with E-state index in [4.69, 9.17) is 4.74 Å². The van der Waals surface area contributed by atoms with E-state index in [0.717, 1.165) is 10.6 Å². The van der Waals surface area contributed by atoms with Crippen molar-refractivity contribution < 1.29 is 17.9 Å². The Kier molecular flexibility index (Phi) is 4.65. The molecular weight excluding hydrogens is 242 g/mol. The van der Waals surface area contributed by atoms with E-state index in [1.807, 2.05) is 0 Å². The highest BCUT2D eigenvalue weighted by atomic mass is 32.2. The first kappa shape index (κ1) is 13.7. The second-order valence-electron chi connectivity index (χ2n) is 3.56. The topological polar surface area (TPSA) is 63.7 Å². The highest BCUT2D eigenvalue weighted by molar-refractivity contribution is 7.89. The molecule has 0 spiro atoms. The minimum Gasteiger partial charge on any atom is -0.493 e. The predicted molar refractivity (Wildman–Crippen MR) is 63.5 cm³/mol. The van der Waals surface area contributed by atoms with E-state index in [2.05, 4.69) is 0 Å². The first-order valence-corrected chi connectivity index (χ1v) is 6.51. The zero-order chi connectivity index (χ0) is 12.9. The molecule has 0 unspecified atom stereocenters. The molecule has 0 saturated heterocycles. The van der Waals surface area contributed by atoms with Gasteiger partial charge in [0.1, 0.15) is 12.0 Å². The smallest absolute Gasteiger partial charge is 0.242 e. The summed E-state index contributed by atoms with van der Waals surface area (Å²) in [6.45, 7) is 0.295. The number of nitrogens with zero attached hydrogens (tertiary/aromatic N) is 1. The Bertz CT molecular complexity index is 465. The van der Waals surface area contributed by atoms with E-state index in [1.54, 1.807) is 12.1 Å². The van der Waals surface area contributed by atoms with Crippen molar-refractivity contribution in [3.63, 3.8) is 0 Å². The van der Waals surface area contributed by atoms with Gasteiger partial charge in [-0.25, -0.2) is 12.7 Å². The average molecular weight is 257 g/mol. The molecule has 94 valence electrons. The van der Waals surface area contributed by atoms with Crippen LogP contribution in [0.2, 0.25) is 0 Å². The van der Waals surface area contributed by atoms with Crippen molar-refractivity contribution in [1.82, 2.24) is 4.31 Å². The number of benzene rings is 1. The number of hydrogen-bond acceptors (Lipinski definition) is 4. The third kappa shape index (κ3) is 3.54. The standard InChI is InChI=1S/C11H15NO4S/c1-12(2)17(14,15)11-6-4-10(5-7-11)16-9-3-8-13/h4-8H,3,9H2,1-2H3. The lowest BCUT2D eigenvalue weighted by atomic mass is 10.3. The van der Waals surface area contributed by atoms with Crippen molar-refractivity contribution in [2.45, 2.75) is 11.3 Å². The van der Waals surface area contributed by atoms with Crippen LogP contribution in [-0.2, 0) is 14.8 Å². The summed E-state index contributed by atoms with van der Waals surface area (Å²) in [5.74, 6) is 0.546. The van der Waals surface area contributed by atoms with Gasteiger partial charge in [-0.1, -0.05) is 0 Å². The third-order valence-corrected chi connectivity index (χ3v) is 3.94. The molecule has 1 aromatic rings. The number of sulfonamides is 1. The number of hydrogen-bond donors (Lipinski definition) is 0. The molecule has 0 aromatic heterocycles. The number of carbonyl (C=O) groups is 1. The largest absolute Gasteiger partial charge is 0.493 e. The van der Waals surface area contributed by atoms with Gasteiger partial charge in [-0.05, 0) is 24.3 Å². The zero-order valence-electron chi connectivity index (χ0n) is 9.79. The van der Waals surface area contributed by atoms with Crippen LogP contribution in [0.5, 0.6) is 5.75 Å². The normalized spacial score (nSPS) is 11.5. The third-order valence-electron chi connectivity index (χ3n) is 2.11. The van der Waals surface area contributed by atoms with Crippen molar-refractivity contribution in [2.75, 3.05) is 20.7 Å². The van der Waals surface area contributed by atoms with Gasteiger partial charge in [0.15, 0.2) is 0 Å². The van der Waals surface area contributed by atoms with Gasteiger partial charge in [-0.2, -0.15) is 0 Å². The van der Waals surface area contributed by atoms with Crippen LogP contribution in [0, 0.1) is 0 Å². The lowest BCUT2D eigenvalue weighted by Gasteiger charge is -2.11. The van der Waals surface area contributed by atoms with Gasteiger partial charge >= 0.3 is 0 Å². The Morgan fingerprint density at radius 3 is 2.29 bits per heavy atom. The summed E-state index contributed by atoms with van der Waals surface area (Å²) >= 11 is 0. The number of rotatable bonds is 6. The molecule has 0 aliphatic heterocycles. The Morgan fingerprint density at radius 2 is 1.82 bits per heavy atom. The molecular formula is C11H15NO4S. The summed E-state index contributed by atoms with van der Waals surface area (Å²) in [7, 11) is -0.445. The van der Waals surface area contributed by atoms with Crippen molar-refractivity contribution in [2.24, 2.45) is 0 Å². The first-order chi connectivity index (χ1) is 7.98. The minimum absolute atomic E-state index is 0.213. The Balaban J connectivity index is 2.78. The maximum absolute atomic E-state index is 11.7. The molecule has 0 amide bonds. The summed E-state index contributed by atoms with van der Waals surface area (Å²) in [6, 6.07) is 6.10. The molecule has 0 aliphatic rings. The fourth-order valence-corrected chi connectivity index (χ4v) is 2.05. The van der Waals surface area contributed by atoms with Gasteiger partial charge in [0.05, 0.1) is 11.5 Å². The number of aldehydes is 1. The van der Waals surface area contributed by atoms with Crippen molar-refractivity contribution >= 4 is 16.3 Å². The monoisotopic (exact) mass is 257 g/mol. The van der Waals surface area contributed by atoms with Crippen LogP contribution in [0.25, 0.3) is 0 Å². The summed E-state index contributed by atoms with van der Waals surface area (Å²) in [4.78, 5) is 10.3. The van der Waals surface area contributed by atoms with Crippen LogP contribution in [0.4, 0.5) is 0 Å². The molecule has 0 atom stereocenters. The van der Waals surface area contributed by atoms with E-state index < -0.39 is 10.0 Å². The molecule has 0 heterocycles. The fourth-order valence-electron chi connectivity index (χ4n) is 1.14. The van der Waals surface area contributed by atoms with Crippen LogP contribution in [0.15, 0.2) is 29.2 Å². The van der Waals surface area contributed by atoms with Gasteiger partial charge in [0.2, 0.25) is 10.0 Å². The zero-order valence-corrected chi connectivity index (χ0v) is 10.6. The van der Waals surface area contributed by atoms with Gasteiger partial charge in [0.25, 0.3) is 0 Å². The summed E-state index contributed by atoms with van der Waals surface area (Å²) in [5.41, 5.74) is 0. The van der Waals surface area contributed by atoms with Gasteiger partial charge in [-0.15, -0.1) is 0 Å². The quantitative estimate of drug-likeness (QED) is 0.561. The molecule has 17 heavy (non-hydrogen) atoms. The fraction of sp³-hybridized carbons (Fsp3) is 0.364. The van der Waals surface area contributed by atoms with Gasteiger partial charge < -0.3 is 9.53 Å². The van der Waals surface area contributed by atoms with E-state index in [0.29, 0.717) is 18.8 Å². The maximum atomic E-state index is 11.7. The Labute approximate surface area is 101 Å². The predicted octanol–water partition coefficient (Wildman–Crippen LogP) is 0.905. The highest BCUT2D eigenvalue weighted by Gasteiger charge is 2.16. The van der Waals surface area contributed by atoms with E-state index in [1.165, 1.54) is 26.2 Å². The molecule has 1 rings (SSSR count). The van der Waals surface area contributed by atoms with Crippen LogP contribution in [-0.4, -0.2) is 39.7 Å². The first-order valence-electron chi connectivity index (χ1n) is 5.07. The van der Waals surface area contributed by atoms with Crippen molar-refractivity contribution in [1.29, 1.82) is 0 Å². The summed E-state index contributed by atoms with van der Waals surface area (Å²) in [5, 5.41) is 0. The van der Waals surface area contributed by atoms with Crippen LogP contribution in [0.1, 0.15) is 6.42 Å². The van der Waals surface area contributed by atoms with E-state index >= 15 is 0 Å². The molecule has 0 bridgehead atoms.